The summed E-state index contributed by atoms with van der Waals surface area (Å²) in [5, 5.41) is 11.4. The van der Waals surface area contributed by atoms with Crippen LogP contribution in [0.3, 0.4) is 0 Å². The molecule has 0 radical (unpaired) electrons. The van der Waals surface area contributed by atoms with E-state index in [4.69, 9.17) is 9.97 Å². The summed E-state index contributed by atoms with van der Waals surface area (Å²) >= 11 is 0. The minimum atomic E-state index is -0.0668. The smallest absolute Gasteiger partial charge is 0.260 e. The van der Waals surface area contributed by atoms with Gasteiger partial charge in [-0.2, -0.15) is 0 Å². The maximum Gasteiger partial charge on any atom is 0.260 e. The van der Waals surface area contributed by atoms with Crippen molar-refractivity contribution >= 4 is 17.5 Å². The molecule has 3 aromatic rings. The van der Waals surface area contributed by atoms with Crippen LogP contribution in [-0.2, 0) is 13.1 Å². The lowest BCUT2D eigenvalue weighted by molar-refractivity contribution is 0.0996. The summed E-state index contributed by atoms with van der Waals surface area (Å²) in [7, 11) is 5.72. The molecule has 1 N–H and O–H groups in total. The van der Waals surface area contributed by atoms with Crippen molar-refractivity contribution in [1.82, 2.24) is 30.0 Å². The zero-order chi connectivity index (χ0) is 21.4. The number of nitrogens with zero attached hydrogens (tertiary/aromatic N) is 7. The van der Waals surface area contributed by atoms with Crippen molar-refractivity contribution in [3.05, 3.63) is 47.4 Å². The average Bonchev–Trinajstić information content (AvgIpc) is 3.34. The Bertz CT molecular complexity index is 1090. The van der Waals surface area contributed by atoms with Crippen LogP contribution in [0.2, 0.25) is 0 Å². The number of hydrogen-bond acceptors (Lipinski definition) is 7. The highest BCUT2D eigenvalue weighted by Gasteiger charge is 2.33. The lowest BCUT2D eigenvalue weighted by atomic mass is 10.1. The Labute approximate surface area is 175 Å². The van der Waals surface area contributed by atoms with Crippen LogP contribution in [0.1, 0.15) is 41.5 Å². The second kappa shape index (κ2) is 7.83. The van der Waals surface area contributed by atoms with Crippen LogP contribution in [0.5, 0.6) is 0 Å². The van der Waals surface area contributed by atoms with E-state index in [-0.39, 0.29) is 11.9 Å². The van der Waals surface area contributed by atoms with E-state index >= 15 is 0 Å². The molecule has 0 fully saturated rings. The third kappa shape index (κ3) is 3.41. The number of carbonyl (C=O) groups excluding carboxylic acids is 1. The fourth-order valence-corrected chi connectivity index (χ4v) is 3.58. The van der Waals surface area contributed by atoms with Crippen molar-refractivity contribution in [3.8, 4) is 11.5 Å². The SMILES string of the molecule is CNCc1nc(N(C)C)cc2c1CN(c1cccc(-c3nncn3C(C)C)n1)C2=O. The quantitative estimate of drug-likeness (QED) is 0.671. The van der Waals surface area contributed by atoms with Gasteiger partial charge in [0.1, 0.15) is 23.7 Å². The molecule has 1 aliphatic rings. The molecule has 4 heterocycles. The van der Waals surface area contributed by atoms with Gasteiger partial charge in [-0.15, -0.1) is 10.2 Å². The molecule has 9 nitrogen and oxygen atoms in total. The van der Waals surface area contributed by atoms with Gasteiger partial charge in [-0.05, 0) is 39.1 Å². The number of aromatic nitrogens is 5. The number of nitrogens with one attached hydrogen (secondary N) is 1. The van der Waals surface area contributed by atoms with Crippen LogP contribution in [0.25, 0.3) is 11.5 Å². The Morgan fingerprint density at radius 3 is 2.73 bits per heavy atom. The van der Waals surface area contributed by atoms with E-state index in [1.165, 1.54) is 0 Å². The molecule has 0 saturated heterocycles. The largest absolute Gasteiger partial charge is 0.363 e. The molecule has 1 amide bonds. The molecule has 0 unspecified atom stereocenters. The van der Waals surface area contributed by atoms with Gasteiger partial charge in [0.2, 0.25) is 0 Å². The molecule has 0 spiro atoms. The van der Waals surface area contributed by atoms with E-state index in [0.717, 1.165) is 17.1 Å². The second-order valence-corrected chi connectivity index (χ2v) is 7.81. The third-order valence-electron chi connectivity index (χ3n) is 5.16. The van der Waals surface area contributed by atoms with Crippen LogP contribution < -0.4 is 15.1 Å². The first-order valence-corrected chi connectivity index (χ1v) is 9.94. The monoisotopic (exact) mass is 406 g/mol. The number of anilines is 2. The Hall–Kier alpha value is -3.33. The van der Waals surface area contributed by atoms with Crippen LogP contribution in [-0.4, -0.2) is 51.8 Å². The van der Waals surface area contributed by atoms with E-state index in [1.54, 1.807) is 11.2 Å². The van der Waals surface area contributed by atoms with Gasteiger partial charge >= 0.3 is 0 Å². The summed E-state index contributed by atoms with van der Waals surface area (Å²) in [6.07, 6.45) is 1.70. The number of rotatable bonds is 6. The van der Waals surface area contributed by atoms with E-state index < -0.39 is 0 Å². The molecule has 4 rings (SSSR count). The first-order chi connectivity index (χ1) is 14.4. The predicted octanol–water partition coefficient (Wildman–Crippen LogP) is 2.26. The van der Waals surface area contributed by atoms with Crippen LogP contribution in [0, 0.1) is 0 Å². The molecule has 0 aliphatic carbocycles. The Morgan fingerprint density at radius 2 is 2.03 bits per heavy atom. The molecule has 0 saturated carbocycles. The van der Waals surface area contributed by atoms with Gasteiger partial charge in [-0.25, -0.2) is 9.97 Å². The molecular weight excluding hydrogens is 380 g/mol. The fourth-order valence-electron chi connectivity index (χ4n) is 3.58. The van der Waals surface area contributed by atoms with Gasteiger partial charge in [0, 0.05) is 32.2 Å². The van der Waals surface area contributed by atoms with Gasteiger partial charge < -0.3 is 14.8 Å². The van der Waals surface area contributed by atoms with Gasteiger partial charge in [-0.3, -0.25) is 9.69 Å². The zero-order valence-corrected chi connectivity index (χ0v) is 17.9. The highest BCUT2D eigenvalue weighted by atomic mass is 16.2. The highest BCUT2D eigenvalue weighted by molar-refractivity contribution is 6.10. The number of hydrogen-bond donors (Lipinski definition) is 1. The van der Waals surface area contributed by atoms with Crippen molar-refractivity contribution in [3.63, 3.8) is 0 Å². The molecule has 30 heavy (non-hydrogen) atoms. The number of carbonyl (C=O) groups is 1. The van der Waals surface area contributed by atoms with Crippen molar-refractivity contribution in [2.24, 2.45) is 0 Å². The topological polar surface area (TPSA) is 92.1 Å². The predicted molar refractivity (Wildman–Crippen MR) is 115 cm³/mol. The van der Waals surface area contributed by atoms with Gasteiger partial charge in [0.05, 0.1) is 17.8 Å². The lowest BCUT2D eigenvalue weighted by Gasteiger charge is -2.16. The normalized spacial score (nSPS) is 13.3. The summed E-state index contributed by atoms with van der Waals surface area (Å²) < 4.78 is 1.96. The molecule has 156 valence electrons. The Morgan fingerprint density at radius 1 is 1.23 bits per heavy atom. The molecular formula is C21H26N8O. The number of fused-ring (bicyclic) bond motifs is 1. The Balaban J connectivity index is 1.73. The standard InChI is InChI=1S/C21H26N8O/c1-13(2)29-12-23-26-20(29)16-7-6-8-18(24-16)28-11-15-14(21(28)30)9-19(27(4)5)25-17(15)10-22-3/h6-9,12-13,22H,10-11H2,1-5H3. The fraction of sp³-hybridized carbons (Fsp3) is 0.381. The maximum absolute atomic E-state index is 13.3. The molecule has 9 heteroatoms. The first-order valence-electron chi connectivity index (χ1n) is 9.94. The third-order valence-corrected chi connectivity index (χ3v) is 5.16. The molecule has 0 aromatic carbocycles. The second-order valence-electron chi connectivity index (χ2n) is 7.81. The zero-order valence-electron chi connectivity index (χ0n) is 17.9. The van der Waals surface area contributed by atoms with Crippen molar-refractivity contribution in [1.29, 1.82) is 0 Å². The van der Waals surface area contributed by atoms with E-state index in [9.17, 15) is 4.79 Å². The van der Waals surface area contributed by atoms with Crippen LogP contribution in [0.4, 0.5) is 11.6 Å². The summed E-state index contributed by atoms with van der Waals surface area (Å²) in [5.74, 6) is 1.97. The average molecular weight is 406 g/mol. The van der Waals surface area contributed by atoms with E-state index in [0.29, 0.717) is 36.0 Å². The number of amides is 1. The highest BCUT2D eigenvalue weighted by Crippen LogP contribution is 2.32. The molecule has 1 aliphatic heterocycles. The van der Waals surface area contributed by atoms with E-state index in [2.05, 4.69) is 29.4 Å². The van der Waals surface area contributed by atoms with Crippen LogP contribution in [0.15, 0.2) is 30.6 Å². The van der Waals surface area contributed by atoms with Crippen molar-refractivity contribution < 1.29 is 4.79 Å². The van der Waals surface area contributed by atoms with Gasteiger partial charge in [0.25, 0.3) is 5.91 Å². The molecule has 0 atom stereocenters. The van der Waals surface area contributed by atoms with Crippen LogP contribution >= 0.6 is 0 Å². The molecule has 3 aromatic heterocycles. The summed E-state index contributed by atoms with van der Waals surface area (Å²) in [4.78, 5) is 26.4. The Kier molecular flexibility index (Phi) is 5.21. The van der Waals surface area contributed by atoms with Crippen molar-refractivity contribution in [2.45, 2.75) is 33.0 Å². The first kappa shape index (κ1) is 20.0. The minimum Gasteiger partial charge on any atom is -0.363 e. The number of pyridine rings is 2. The van der Waals surface area contributed by atoms with Gasteiger partial charge in [0.15, 0.2) is 5.82 Å². The minimum absolute atomic E-state index is 0.0668. The summed E-state index contributed by atoms with van der Waals surface area (Å²) in [6, 6.07) is 7.69. The summed E-state index contributed by atoms with van der Waals surface area (Å²) in [6.45, 7) is 5.17. The van der Waals surface area contributed by atoms with Gasteiger partial charge in [-0.1, -0.05) is 6.07 Å². The van der Waals surface area contributed by atoms with Crippen molar-refractivity contribution in [2.75, 3.05) is 30.9 Å². The lowest BCUT2D eigenvalue weighted by Crippen LogP contribution is -2.24. The summed E-state index contributed by atoms with van der Waals surface area (Å²) in [5.41, 5.74) is 3.18. The molecule has 0 bridgehead atoms. The maximum atomic E-state index is 13.3. The van der Waals surface area contributed by atoms with E-state index in [1.807, 2.05) is 54.9 Å².